The molecule has 0 saturated carbocycles. The van der Waals surface area contributed by atoms with Crippen LogP contribution in [0, 0.1) is 0 Å². The van der Waals surface area contributed by atoms with Gasteiger partial charge in [0.1, 0.15) is 11.8 Å². The minimum absolute atomic E-state index is 0.122. The van der Waals surface area contributed by atoms with Crippen LogP contribution in [0.4, 0.5) is 0 Å². The van der Waals surface area contributed by atoms with Crippen LogP contribution in [0.1, 0.15) is 17.2 Å². The molecule has 0 bridgehead atoms. The molecular formula is C14H12BrNOS. The van der Waals surface area contributed by atoms with Crippen LogP contribution < -0.4 is 4.74 Å². The SMILES string of the molecule is COc1ccc(C(N=S)c2cccc(Br)c2)cc1. The van der Waals surface area contributed by atoms with Crippen molar-refractivity contribution in [2.45, 2.75) is 6.04 Å². The Morgan fingerprint density at radius 1 is 1.11 bits per heavy atom. The van der Waals surface area contributed by atoms with Crippen molar-refractivity contribution in [1.82, 2.24) is 0 Å². The lowest BCUT2D eigenvalue weighted by Crippen LogP contribution is -1.97. The van der Waals surface area contributed by atoms with Crippen LogP contribution in [0.5, 0.6) is 5.75 Å². The third-order valence-electron chi connectivity index (χ3n) is 2.70. The molecule has 1 unspecified atom stereocenters. The number of rotatable bonds is 4. The van der Waals surface area contributed by atoms with Gasteiger partial charge in [0.15, 0.2) is 0 Å². The Hall–Kier alpha value is -1.26. The summed E-state index contributed by atoms with van der Waals surface area (Å²) in [6.07, 6.45) is 0. The van der Waals surface area contributed by atoms with Gasteiger partial charge in [0, 0.05) is 16.9 Å². The number of hydrogen-bond acceptors (Lipinski definition) is 3. The van der Waals surface area contributed by atoms with E-state index in [0.29, 0.717) is 0 Å². The standard InChI is InChI=1S/C14H12BrNOS/c1-17-13-7-5-10(6-8-13)14(16-18)11-3-2-4-12(15)9-11/h2-9,14H,1H3. The fourth-order valence-electron chi connectivity index (χ4n) is 1.78. The maximum Gasteiger partial charge on any atom is 0.118 e. The van der Waals surface area contributed by atoms with Crippen LogP contribution >= 0.6 is 15.9 Å². The van der Waals surface area contributed by atoms with Gasteiger partial charge in [0.05, 0.1) is 7.11 Å². The molecule has 18 heavy (non-hydrogen) atoms. The number of nitrogens with zero attached hydrogens (tertiary/aromatic N) is 1. The molecular weight excluding hydrogens is 310 g/mol. The van der Waals surface area contributed by atoms with Gasteiger partial charge in [0.25, 0.3) is 0 Å². The van der Waals surface area contributed by atoms with Gasteiger partial charge in [-0.25, -0.2) is 4.36 Å². The molecule has 0 N–H and O–H groups in total. The predicted octanol–water partition coefficient (Wildman–Crippen LogP) is 4.28. The van der Waals surface area contributed by atoms with Crippen LogP contribution in [0.15, 0.2) is 57.4 Å². The first-order valence-corrected chi connectivity index (χ1v) is 6.62. The summed E-state index contributed by atoms with van der Waals surface area (Å²) < 4.78 is 10.2. The summed E-state index contributed by atoms with van der Waals surface area (Å²) in [7, 11) is 1.65. The lowest BCUT2D eigenvalue weighted by molar-refractivity contribution is 0.414. The van der Waals surface area contributed by atoms with Crippen molar-refractivity contribution >= 4 is 28.4 Å². The molecule has 2 rings (SSSR count). The molecule has 2 aromatic carbocycles. The summed E-state index contributed by atoms with van der Waals surface area (Å²) in [5.74, 6) is 0.830. The lowest BCUT2D eigenvalue weighted by Gasteiger charge is -2.12. The first kappa shape index (κ1) is 13.2. The highest BCUT2D eigenvalue weighted by Gasteiger charge is 2.12. The molecule has 1 atom stereocenters. The zero-order chi connectivity index (χ0) is 13.0. The number of ether oxygens (including phenoxy) is 1. The Labute approximate surface area is 120 Å². The highest BCUT2D eigenvalue weighted by atomic mass is 79.9. The lowest BCUT2D eigenvalue weighted by atomic mass is 10.00. The van der Waals surface area contributed by atoms with Gasteiger partial charge in [-0.05, 0) is 35.4 Å². The first-order valence-electron chi connectivity index (χ1n) is 5.46. The van der Waals surface area contributed by atoms with E-state index in [9.17, 15) is 0 Å². The average molecular weight is 322 g/mol. The van der Waals surface area contributed by atoms with Crippen molar-refractivity contribution in [2.75, 3.05) is 7.11 Å². The van der Waals surface area contributed by atoms with E-state index < -0.39 is 0 Å². The van der Waals surface area contributed by atoms with E-state index in [1.54, 1.807) is 7.11 Å². The number of hydrogen-bond donors (Lipinski definition) is 0. The minimum atomic E-state index is -0.122. The molecule has 0 radical (unpaired) electrons. The summed E-state index contributed by atoms with van der Waals surface area (Å²) >= 11 is 8.38. The smallest absolute Gasteiger partial charge is 0.118 e. The third kappa shape index (κ3) is 2.94. The molecule has 0 heterocycles. The zero-order valence-electron chi connectivity index (χ0n) is 9.84. The van der Waals surface area contributed by atoms with Crippen molar-refractivity contribution in [2.24, 2.45) is 4.36 Å². The Kier molecular flexibility index (Phi) is 4.44. The average Bonchev–Trinajstić information content (AvgIpc) is 2.40. The minimum Gasteiger partial charge on any atom is -0.497 e. The second kappa shape index (κ2) is 6.07. The highest BCUT2D eigenvalue weighted by Crippen LogP contribution is 2.28. The van der Waals surface area contributed by atoms with Crippen molar-refractivity contribution in [3.05, 3.63) is 64.1 Å². The Morgan fingerprint density at radius 3 is 2.39 bits per heavy atom. The predicted molar refractivity (Wildman–Crippen MR) is 78.8 cm³/mol. The molecule has 92 valence electrons. The fourth-order valence-corrected chi connectivity index (χ4v) is 2.44. The third-order valence-corrected chi connectivity index (χ3v) is 3.41. The van der Waals surface area contributed by atoms with Crippen molar-refractivity contribution in [3.8, 4) is 5.75 Å². The fraction of sp³-hybridized carbons (Fsp3) is 0.143. The molecule has 2 nitrogen and oxygen atoms in total. The van der Waals surface area contributed by atoms with Crippen LogP contribution in [-0.2, 0) is 12.4 Å². The molecule has 0 saturated heterocycles. The molecule has 0 aliphatic rings. The summed E-state index contributed by atoms with van der Waals surface area (Å²) in [5, 5.41) is 0. The summed E-state index contributed by atoms with van der Waals surface area (Å²) in [5.41, 5.74) is 2.13. The van der Waals surface area contributed by atoms with Crippen molar-refractivity contribution < 1.29 is 4.74 Å². The molecule has 0 aromatic heterocycles. The van der Waals surface area contributed by atoms with Gasteiger partial charge < -0.3 is 4.74 Å². The zero-order valence-corrected chi connectivity index (χ0v) is 12.2. The van der Waals surface area contributed by atoms with E-state index >= 15 is 0 Å². The van der Waals surface area contributed by atoms with Gasteiger partial charge in [-0.1, -0.05) is 40.2 Å². The second-order valence-corrected chi connectivity index (χ2v) is 4.96. The van der Waals surface area contributed by atoms with E-state index in [1.165, 1.54) is 0 Å². The van der Waals surface area contributed by atoms with E-state index in [1.807, 2.05) is 48.5 Å². The highest BCUT2D eigenvalue weighted by molar-refractivity contribution is 9.10. The molecule has 0 fully saturated rings. The molecule has 0 amide bonds. The number of halogens is 1. The summed E-state index contributed by atoms with van der Waals surface area (Å²) in [6.45, 7) is 0. The Balaban J connectivity index is 2.35. The topological polar surface area (TPSA) is 21.6 Å². The normalized spacial score (nSPS) is 11.9. The Bertz CT molecular complexity index is 542. The Morgan fingerprint density at radius 2 is 1.83 bits per heavy atom. The maximum absolute atomic E-state index is 5.14. The van der Waals surface area contributed by atoms with E-state index in [2.05, 4.69) is 20.3 Å². The van der Waals surface area contributed by atoms with Gasteiger partial charge in [-0.15, -0.1) is 0 Å². The molecule has 0 aliphatic heterocycles. The van der Waals surface area contributed by atoms with Crippen LogP contribution in [0.25, 0.3) is 0 Å². The maximum atomic E-state index is 5.14. The van der Waals surface area contributed by atoms with Gasteiger partial charge in [-0.3, -0.25) is 0 Å². The molecule has 0 aliphatic carbocycles. The quantitative estimate of drug-likeness (QED) is 0.838. The van der Waals surface area contributed by atoms with Gasteiger partial charge in [0.2, 0.25) is 0 Å². The van der Waals surface area contributed by atoms with Crippen LogP contribution in [0.3, 0.4) is 0 Å². The number of methoxy groups -OCH3 is 1. The van der Waals surface area contributed by atoms with Crippen LogP contribution in [-0.4, -0.2) is 7.11 Å². The van der Waals surface area contributed by atoms with Gasteiger partial charge >= 0.3 is 0 Å². The monoisotopic (exact) mass is 321 g/mol. The molecule has 0 spiro atoms. The van der Waals surface area contributed by atoms with E-state index in [4.69, 9.17) is 17.2 Å². The molecule has 4 heteroatoms. The second-order valence-electron chi connectivity index (χ2n) is 3.84. The number of benzene rings is 2. The summed E-state index contributed by atoms with van der Waals surface area (Å²) in [4.78, 5) is 0. The largest absolute Gasteiger partial charge is 0.497 e. The van der Waals surface area contributed by atoms with Gasteiger partial charge in [-0.2, -0.15) is 0 Å². The first-order chi connectivity index (χ1) is 8.74. The molecule has 2 aromatic rings. The van der Waals surface area contributed by atoms with Crippen molar-refractivity contribution in [1.29, 1.82) is 0 Å². The van der Waals surface area contributed by atoms with Crippen molar-refractivity contribution in [3.63, 3.8) is 0 Å². The van der Waals surface area contributed by atoms with Crippen LogP contribution in [0.2, 0.25) is 0 Å². The van der Waals surface area contributed by atoms with E-state index in [0.717, 1.165) is 21.3 Å². The van der Waals surface area contributed by atoms with E-state index in [-0.39, 0.29) is 6.04 Å². The summed E-state index contributed by atoms with van der Waals surface area (Å²) in [6, 6.07) is 15.7.